The molecule has 1 amide bonds. The Labute approximate surface area is 168 Å². The van der Waals surface area contributed by atoms with Crippen molar-refractivity contribution < 1.29 is 14.3 Å². The smallest absolute Gasteiger partial charge is 0.335 e. The number of amides is 1. The summed E-state index contributed by atoms with van der Waals surface area (Å²) in [5, 5.41) is 0. The van der Waals surface area contributed by atoms with Gasteiger partial charge in [0.2, 0.25) is 0 Å². The number of allylic oxidation sites excluding steroid dienone is 2. The highest BCUT2D eigenvalue weighted by atomic mass is 79.9. The lowest BCUT2D eigenvalue weighted by Gasteiger charge is -2.29. The van der Waals surface area contributed by atoms with Crippen molar-refractivity contribution in [3.05, 3.63) is 84.1 Å². The number of esters is 1. The molecule has 6 heteroatoms. The summed E-state index contributed by atoms with van der Waals surface area (Å²) in [5.74, 6) is -0.411. The molecule has 0 spiro atoms. The summed E-state index contributed by atoms with van der Waals surface area (Å²) in [7, 11) is 1.36. The highest BCUT2D eigenvalue weighted by molar-refractivity contribution is 8.93. The summed E-state index contributed by atoms with van der Waals surface area (Å²) in [6.07, 6.45) is 5.35. The number of methoxy groups -OCH3 is 1. The third-order valence-corrected chi connectivity index (χ3v) is 4.65. The molecule has 2 aromatic carbocycles. The maximum absolute atomic E-state index is 13.3. The molecule has 2 aromatic rings. The Morgan fingerprint density at radius 3 is 2.52 bits per heavy atom. The number of halogens is 1. The van der Waals surface area contributed by atoms with Crippen molar-refractivity contribution in [1.82, 2.24) is 4.90 Å². The van der Waals surface area contributed by atoms with Gasteiger partial charge in [0.25, 0.3) is 5.91 Å². The summed E-state index contributed by atoms with van der Waals surface area (Å²) >= 11 is 0. The van der Waals surface area contributed by atoms with Crippen molar-refractivity contribution in [2.45, 2.75) is 6.04 Å². The van der Waals surface area contributed by atoms with E-state index in [2.05, 4.69) is 0 Å². The van der Waals surface area contributed by atoms with Gasteiger partial charge < -0.3 is 9.64 Å². The Balaban J connectivity index is 0.00000210. The number of hydrogen-bond acceptors (Lipinski definition) is 4. The van der Waals surface area contributed by atoms with Crippen LogP contribution in [0, 0.1) is 0 Å². The van der Waals surface area contributed by atoms with Crippen LogP contribution in [0.4, 0.5) is 11.4 Å². The summed E-state index contributed by atoms with van der Waals surface area (Å²) in [4.78, 5) is 28.8. The maximum atomic E-state index is 13.3. The number of rotatable bonds is 3. The molecule has 0 radical (unpaired) electrons. The number of carbonyl (C=O) groups is 2. The summed E-state index contributed by atoms with van der Waals surface area (Å²) < 4.78 is 4.82. The first-order valence-corrected chi connectivity index (χ1v) is 8.40. The zero-order chi connectivity index (χ0) is 18.1. The van der Waals surface area contributed by atoms with Gasteiger partial charge >= 0.3 is 5.97 Å². The molecule has 2 aliphatic rings. The second-order valence-corrected chi connectivity index (χ2v) is 6.17. The Hall–Kier alpha value is -2.86. The zero-order valence-corrected chi connectivity index (χ0v) is 16.5. The Bertz CT molecular complexity index is 924. The Kier molecular flexibility index (Phi) is 5.46. The van der Waals surface area contributed by atoms with E-state index in [4.69, 9.17) is 4.74 Å². The molecule has 27 heavy (non-hydrogen) atoms. The van der Waals surface area contributed by atoms with Crippen molar-refractivity contribution in [3.8, 4) is 0 Å². The van der Waals surface area contributed by atoms with Crippen LogP contribution in [0.3, 0.4) is 0 Å². The topological polar surface area (TPSA) is 49.9 Å². The maximum Gasteiger partial charge on any atom is 0.335 e. The van der Waals surface area contributed by atoms with Gasteiger partial charge in [-0.2, -0.15) is 0 Å². The largest absolute Gasteiger partial charge is 0.466 e. The monoisotopic (exact) mass is 426 g/mol. The summed E-state index contributed by atoms with van der Waals surface area (Å²) in [6, 6.07) is 16.9. The fourth-order valence-electron chi connectivity index (χ4n) is 3.47. The quantitative estimate of drug-likeness (QED) is 0.698. The van der Waals surface area contributed by atoms with Crippen LogP contribution in [0.1, 0.15) is 11.6 Å². The second-order valence-electron chi connectivity index (χ2n) is 6.17. The van der Waals surface area contributed by atoms with Gasteiger partial charge in [0, 0.05) is 17.5 Å². The average Bonchev–Trinajstić information content (AvgIpc) is 3.00. The number of hydrogen-bond donors (Lipinski definition) is 0. The first kappa shape index (κ1) is 18.9. The lowest BCUT2D eigenvalue weighted by molar-refractivity contribution is -0.136. The van der Waals surface area contributed by atoms with Gasteiger partial charge in [-0.25, -0.2) is 4.79 Å². The van der Waals surface area contributed by atoms with Gasteiger partial charge in [0.15, 0.2) is 0 Å². The molecule has 0 fully saturated rings. The van der Waals surface area contributed by atoms with Crippen LogP contribution >= 0.6 is 17.0 Å². The van der Waals surface area contributed by atoms with Gasteiger partial charge in [0.1, 0.15) is 6.04 Å². The number of ether oxygens (including phenoxy) is 1. The number of nitrogens with zero attached hydrogens (tertiary/aromatic N) is 2. The van der Waals surface area contributed by atoms with Crippen molar-refractivity contribution in [3.63, 3.8) is 0 Å². The highest BCUT2D eigenvalue weighted by Crippen LogP contribution is 2.43. The standard InChI is InChI=1S/C21H18N2O3.BrH/c1-26-21(25)15-8-7-13-22(14-15)19-17-11-5-6-12-18(17)23(20(19)24)16-9-3-2-4-10-16;/h2-13,19H,14H2,1H3;1H. The van der Waals surface area contributed by atoms with E-state index in [0.29, 0.717) is 12.1 Å². The molecule has 0 saturated carbocycles. The molecule has 0 aliphatic carbocycles. The van der Waals surface area contributed by atoms with Gasteiger partial charge in [-0.1, -0.05) is 36.4 Å². The van der Waals surface area contributed by atoms with Crippen LogP contribution in [-0.4, -0.2) is 30.4 Å². The van der Waals surface area contributed by atoms with E-state index in [1.165, 1.54) is 7.11 Å². The minimum absolute atomic E-state index is 0. The van der Waals surface area contributed by atoms with Crippen LogP contribution in [0.2, 0.25) is 0 Å². The minimum atomic E-state index is -0.476. The number of fused-ring (bicyclic) bond motifs is 1. The molecule has 0 saturated heterocycles. The number of para-hydroxylation sites is 2. The van der Waals surface area contributed by atoms with Gasteiger partial charge in [-0.05, 0) is 30.4 Å². The first-order chi connectivity index (χ1) is 12.7. The van der Waals surface area contributed by atoms with E-state index in [1.54, 1.807) is 17.1 Å². The van der Waals surface area contributed by atoms with E-state index in [0.717, 1.165) is 16.9 Å². The first-order valence-electron chi connectivity index (χ1n) is 8.40. The molecule has 4 rings (SSSR count). The number of carbonyl (C=O) groups excluding carboxylic acids is 2. The highest BCUT2D eigenvalue weighted by Gasteiger charge is 2.41. The fraction of sp³-hybridized carbons (Fsp3) is 0.143. The molecule has 138 valence electrons. The average molecular weight is 427 g/mol. The van der Waals surface area contributed by atoms with Crippen LogP contribution < -0.4 is 4.90 Å². The predicted molar refractivity (Wildman–Crippen MR) is 109 cm³/mol. The third-order valence-electron chi connectivity index (χ3n) is 4.65. The molecule has 2 heterocycles. The molecule has 0 N–H and O–H groups in total. The van der Waals surface area contributed by atoms with Crippen molar-refractivity contribution >= 4 is 40.2 Å². The van der Waals surface area contributed by atoms with E-state index in [1.807, 2.05) is 65.7 Å². The van der Waals surface area contributed by atoms with Crippen LogP contribution in [0.15, 0.2) is 78.5 Å². The molecular weight excluding hydrogens is 408 g/mol. The second kappa shape index (κ2) is 7.80. The van der Waals surface area contributed by atoms with Crippen LogP contribution in [-0.2, 0) is 14.3 Å². The zero-order valence-electron chi connectivity index (χ0n) is 14.7. The molecule has 1 atom stereocenters. The molecule has 1 unspecified atom stereocenters. The molecular formula is C21H19BrN2O3. The Morgan fingerprint density at radius 1 is 1.07 bits per heavy atom. The van der Waals surface area contributed by atoms with Gasteiger partial charge in [0.05, 0.1) is 24.9 Å². The van der Waals surface area contributed by atoms with Crippen molar-refractivity contribution in [2.75, 3.05) is 18.6 Å². The van der Waals surface area contributed by atoms with E-state index in [9.17, 15) is 9.59 Å². The lowest BCUT2D eigenvalue weighted by Crippen LogP contribution is -2.36. The SMILES string of the molecule is Br.COC(=O)C1=CC=CN(C2C(=O)N(c3ccccc3)c3ccccc32)C1. The summed E-state index contributed by atoms with van der Waals surface area (Å²) in [5.41, 5.74) is 3.16. The molecule has 0 bridgehead atoms. The van der Waals surface area contributed by atoms with E-state index >= 15 is 0 Å². The van der Waals surface area contributed by atoms with Crippen LogP contribution in [0.5, 0.6) is 0 Å². The van der Waals surface area contributed by atoms with Gasteiger partial charge in [-0.3, -0.25) is 9.69 Å². The van der Waals surface area contributed by atoms with E-state index < -0.39 is 6.04 Å². The van der Waals surface area contributed by atoms with Crippen molar-refractivity contribution in [2.24, 2.45) is 0 Å². The fourth-order valence-corrected chi connectivity index (χ4v) is 3.47. The third kappa shape index (κ3) is 3.28. The minimum Gasteiger partial charge on any atom is -0.466 e. The predicted octanol–water partition coefficient (Wildman–Crippen LogP) is 3.91. The van der Waals surface area contributed by atoms with E-state index in [-0.39, 0.29) is 28.9 Å². The molecule has 2 aliphatic heterocycles. The number of anilines is 2. The lowest BCUT2D eigenvalue weighted by atomic mass is 10.0. The Morgan fingerprint density at radius 2 is 1.78 bits per heavy atom. The van der Waals surface area contributed by atoms with Crippen LogP contribution in [0.25, 0.3) is 0 Å². The summed E-state index contributed by atoms with van der Waals surface area (Å²) in [6.45, 7) is 0.330. The number of benzene rings is 2. The van der Waals surface area contributed by atoms with Gasteiger partial charge in [-0.15, -0.1) is 17.0 Å². The molecule has 5 nitrogen and oxygen atoms in total. The normalized spacial score (nSPS) is 17.9. The molecule has 0 aromatic heterocycles. The van der Waals surface area contributed by atoms with Crippen molar-refractivity contribution in [1.29, 1.82) is 0 Å².